The van der Waals surface area contributed by atoms with Gasteiger partial charge in [0.15, 0.2) is 5.82 Å². The lowest BCUT2D eigenvalue weighted by Gasteiger charge is -2.20. The molecule has 0 radical (unpaired) electrons. The zero-order valence-corrected chi connectivity index (χ0v) is 12.9. The monoisotopic (exact) mass is 297 g/mol. The van der Waals surface area contributed by atoms with Crippen molar-refractivity contribution in [2.24, 2.45) is 0 Å². The van der Waals surface area contributed by atoms with Gasteiger partial charge in [-0.05, 0) is 12.8 Å². The van der Waals surface area contributed by atoms with Gasteiger partial charge in [0, 0.05) is 25.8 Å². The van der Waals surface area contributed by atoms with Crippen LogP contribution in [0.3, 0.4) is 0 Å². The molecular weight excluding hydrogens is 274 g/mol. The van der Waals surface area contributed by atoms with Gasteiger partial charge in [0.25, 0.3) is 0 Å². The smallest absolute Gasteiger partial charge is 0.325 e. The average molecular weight is 297 g/mol. The highest BCUT2D eigenvalue weighted by Gasteiger charge is 2.17. The number of hydrogen-bond acceptors (Lipinski definition) is 6. The van der Waals surface area contributed by atoms with E-state index in [1.807, 2.05) is 13.8 Å². The van der Waals surface area contributed by atoms with E-state index >= 15 is 0 Å². The molecule has 0 aliphatic carbocycles. The molecule has 0 N–H and O–H groups in total. The zero-order chi connectivity index (χ0) is 15.7. The topological polar surface area (TPSA) is 85.5 Å². The summed E-state index contributed by atoms with van der Waals surface area (Å²) in [6.07, 6.45) is 3.12. The Balaban J connectivity index is 2.49. The molecule has 1 heterocycles. The summed E-state index contributed by atoms with van der Waals surface area (Å²) in [5.41, 5.74) is 0. The molecule has 0 saturated carbocycles. The molecule has 1 rings (SSSR count). The maximum absolute atomic E-state index is 12.1. The second kappa shape index (κ2) is 9.10. The van der Waals surface area contributed by atoms with E-state index in [-0.39, 0.29) is 18.9 Å². The van der Waals surface area contributed by atoms with Crippen molar-refractivity contribution in [3.8, 4) is 0 Å². The molecule has 1 aromatic rings. The number of esters is 1. The van der Waals surface area contributed by atoms with Crippen molar-refractivity contribution in [1.29, 1.82) is 0 Å². The van der Waals surface area contributed by atoms with Gasteiger partial charge in [0.1, 0.15) is 6.54 Å². The highest BCUT2D eigenvalue weighted by molar-refractivity contribution is 5.82. The molecule has 118 valence electrons. The number of hydrogen-bond donors (Lipinski definition) is 0. The third-order valence-corrected chi connectivity index (χ3v) is 2.93. The van der Waals surface area contributed by atoms with Gasteiger partial charge in [0.2, 0.25) is 11.8 Å². The molecule has 0 fully saturated rings. The molecule has 21 heavy (non-hydrogen) atoms. The van der Waals surface area contributed by atoms with Crippen LogP contribution in [-0.4, -0.2) is 47.1 Å². The molecule has 0 unspecified atom stereocenters. The SMILES string of the molecule is CCCc1noc(CCC(=O)N(CCC)CC(=O)OC)n1. The van der Waals surface area contributed by atoms with E-state index in [2.05, 4.69) is 14.9 Å². The Labute approximate surface area is 124 Å². The van der Waals surface area contributed by atoms with Gasteiger partial charge in [-0.15, -0.1) is 0 Å². The van der Waals surface area contributed by atoms with Crippen LogP contribution in [0.15, 0.2) is 4.52 Å². The van der Waals surface area contributed by atoms with E-state index in [1.54, 1.807) is 0 Å². The summed E-state index contributed by atoms with van der Waals surface area (Å²) in [6.45, 7) is 4.49. The first-order valence-corrected chi connectivity index (χ1v) is 7.26. The van der Waals surface area contributed by atoms with Crippen LogP contribution >= 0.6 is 0 Å². The Morgan fingerprint density at radius 2 is 2.00 bits per heavy atom. The number of nitrogens with zero attached hydrogens (tertiary/aromatic N) is 3. The van der Waals surface area contributed by atoms with Gasteiger partial charge in [-0.25, -0.2) is 0 Å². The number of ether oxygens (including phenoxy) is 1. The highest BCUT2D eigenvalue weighted by atomic mass is 16.5. The standard InChI is InChI=1S/C14H23N3O4/c1-4-6-11-15-12(21-16-11)7-8-13(18)17(9-5-2)10-14(19)20-3/h4-10H2,1-3H3. The fourth-order valence-electron chi connectivity index (χ4n) is 1.87. The van der Waals surface area contributed by atoms with Gasteiger partial charge in [-0.3, -0.25) is 9.59 Å². The van der Waals surface area contributed by atoms with Crippen LogP contribution in [0.4, 0.5) is 0 Å². The second-order valence-corrected chi connectivity index (χ2v) is 4.75. The van der Waals surface area contributed by atoms with Crippen molar-refractivity contribution < 1.29 is 18.8 Å². The summed E-state index contributed by atoms with van der Waals surface area (Å²) in [7, 11) is 1.31. The Hall–Kier alpha value is -1.92. The third-order valence-electron chi connectivity index (χ3n) is 2.93. The molecule has 1 amide bonds. The Morgan fingerprint density at radius 3 is 2.62 bits per heavy atom. The van der Waals surface area contributed by atoms with Gasteiger partial charge < -0.3 is 14.2 Å². The summed E-state index contributed by atoms with van der Waals surface area (Å²) in [5.74, 6) is 0.596. The molecule has 7 nitrogen and oxygen atoms in total. The Bertz CT molecular complexity index is 459. The van der Waals surface area contributed by atoms with Crippen molar-refractivity contribution in [2.75, 3.05) is 20.2 Å². The van der Waals surface area contributed by atoms with E-state index in [9.17, 15) is 9.59 Å². The molecule has 0 aliphatic rings. The summed E-state index contributed by atoms with van der Waals surface area (Å²) in [5, 5.41) is 3.84. The zero-order valence-electron chi connectivity index (χ0n) is 12.9. The minimum Gasteiger partial charge on any atom is -0.468 e. The maximum Gasteiger partial charge on any atom is 0.325 e. The van der Waals surface area contributed by atoms with Crippen LogP contribution in [-0.2, 0) is 27.2 Å². The van der Waals surface area contributed by atoms with Gasteiger partial charge >= 0.3 is 5.97 Å². The number of carbonyl (C=O) groups excluding carboxylic acids is 2. The van der Waals surface area contributed by atoms with Crippen molar-refractivity contribution in [1.82, 2.24) is 15.0 Å². The lowest BCUT2D eigenvalue weighted by Crippen LogP contribution is -2.36. The number of methoxy groups -OCH3 is 1. The van der Waals surface area contributed by atoms with E-state index in [4.69, 9.17) is 4.52 Å². The molecule has 0 bridgehead atoms. The molecule has 7 heteroatoms. The minimum atomic E-state index is -0.417. The first-order valence-electron chi connectivity index (χ1n) is 7.26. The second-order valence-electron chi connectivity index (χ2n) is 4.75. The van der Waals surface area contributed by atoms with E-state index in [0.717, 1.165) is 19.3 Å². The summed E-state index contributed by atoms with van der Waals surface area (Å²) in [6, 6.07) is 0. The number of amides is 1. The molecule has 1 aromatic heterocycles. The molecule has 0 atom stereocenters. The number of aryl methyl sites for hydroxylation is 2. The first kappa shape index (κ1) is 17.1. The predicted molar refractivity (Wildman–Crippen MR) is 75.5 cm³/mol. The Kier molecular flexibility index (Phi) is 7.42. The molecule has 0 aromatic carbocycles. The number of carbonyl (C=O) groups is 2. The van der Waals surface area contributed by atoms with E-state index < -0.39 is 5.97 Å². The first-order chi connectivity index (χ1) is 10.1. The molecule has 0 saturated heterocycles. The fraction of sp³-hybridized carbons (Fsp3) is 0.714. The van der Waals surface area contributed by atoms with Crippen molar-refractivity contribution in [3.63, 3.8) is 0 Å². The average Bonchev–Trinajstić information content (AvgIpc) is 2.92. The van der Waals surface area contributed by atoms with Crippen LogP contribution in [0.1, 0.15) is 44.8 Å². The van der Waals surface area contributed by atoms with Gasteiger partial charge in [0.05, 0.1) is 7.11 Å². The molecule has 0 aliphatic heterocycles. The Morgan fingerprint density at radius 1 is 1.24 bits per heavy atom. The number of aromatic nitrogens is 2. The van der Waals surface area contributed by atoms with Crippen molar-refractivity contribution >= 4 is 11.9 Å². The van der Waals surface area contributed by atoms with E-state index in [1.165, 1.54) is 12.0 Å². The summed E-state index contributed by atoms with van der Waals surface area (Å²) >= 11 is 0. The van der Waals surface area contributed by atoms with Gasteiger partial charge in [-0.1, -0.05) is 19.0 Å². The van der Waals surface area contributed by atoms with Crippen LogP contribution in [0.2, 0.25) is 0 Å². The van der Waals surface area contributed by atoms with Crippen LogP contribution in [0.25, 0.3) is 0 Å². The molecular formula is C14H23N3O4. The van der Waals surface area contributed by atoms with E-state index in [0.29, 0.717) is 24.7 Å². The lowest BCUT2D eigenvalue weighted by atomic mass is 10.2. The third kappa shape index (κ3) is 5.93. The largest absolute Gasteiger partial charge is 0.468 e. The van der Waals surface area contributed by atoms with Crippen LogP contribution < -0.4 is 0 Å². The quantitative estimate of drug-likeness (QED) is 0.640. The minimum absolute atomic E-state index is 0.0198. The summed E-state index contributed by atoms with van der Waals surface area (Å²) < 4.78 is 9.68. The predicted octanol–water partition coefficient (Wildman–Crippen LogP) is 1.37. The fourth-order valence-corrected chi connectivity index (χ4v) is 1.87. The molecule has 0 spiro atoms. The number of rotatable bonds is 9. The normalized spacial score (nSPS) is 10.4. The van der Waals surface area contributed by atoms with Crippen LogP contribution in [0.5, 0.6) is 0 Å². The maximum atomic E-state index is 12.1. The highest BCUT2D eigenvalue weighted by Crippen LogP contribution is 2.06. The van der Waals surface area contributed by atoms with Gasteiger partial charge in [-0.2, -0.15) is 4.98 Å². The van der Waals surface area contributed by atoms with Crippen molar-refractivity contribution in [3.05, 3.63) is 11.7 Å². The summed E-state index contributed by atoms with van der Waals surface area (Å²) in [4.78, 5) is 29.1. The van der Waals surface area contributed by atoms with Crippen molar-refractivity contribution in [2.45, 2.75) is 46.0 Å². The lowest BCUT2D eigenvalue weighted by molar-refractivity contribution is -0.147. The van der Waals surface area contributed by atoms with Crippen LogP contribution in [0, 0.1) is 0 Å².